The Morgan fingerprint density at radius 2 is 1.92 bits per heavy atom. The van der Waals surface area contributed by atoms with E-state index in [9.17, 15) is 24.6 Å². The third kappa shape index (κ3) is 8.12. The van der Waals surface area contributed by atoms with Crippen LogP contribution in [0.2, 0.25) is 0 Å². The van der Waals surface area contributed by atoms with Gasteiger partial charge in [-0.3, -0.25) is 19.5 Å². The summed E-state index contributed by atoms with van der Waals surface area (Å²) in [5.41, 5.74) is 2.38. The van der Waals surface area contributed by atoms with Gasteiger partial charge in [0.15, 0.2) is 0 Å². The third-order valence-electron chi connectivity index (χ3n) is 8.76. The molecule has 4 heterocycles. The highest BCUT2D eigenvalue weighted by atomic mass is 16.5. The normalized spacial score (nSPS) is 21.9. The Balaban J connectivity index is 1.15. The first-order valence-electron chi connectivity index (χ1n) is 16.1. The highest BCUT2D eigenvalue weighted by Gasteiger charge is 2.41. The van der Waals surface area contributed by atoms with Crippen LogP contribution in [0.5, 0.6) is 5.75 Å². The van der Waals surface area contributed by atoms with Crippen molar-refractivity contribution in [3.05, 3.63) is 54.4 Å². The number of nitrogens with zero attached hydrogens (tertiary/aromatic N) is 4. The van der Waals surface area contributed by atoms with E-state index in [1.165, 1.54) is 4.90 Å². The molecule has 0 aliphatic carbocycles. The Kier molecular flexibility index (Phi) is 10.7. The summed E-state index contributed by atoms with van der Waals surface area (Å²) in [5, 5.41) is 32.6. The van der Waals surface area contributed by atoms with Gasteiger partial charge in [-0.15, -0.1) is 0 Å². The summed E-state index contributed by atoms with van der Waals surface area (Å²) >= 11 is 0. The summed E-state index contributed by atoms with van der Waals surface area (Å²) in [6.07, 6.45) is 0.335. The predicted octanol–water partition coefficient (Wildman–Crippen LogP) is 2.41. The van der Waals surface area contributed by atoms with Gasteiger partial charge in [0.25, 0.3) is 5.91 Å². The Morgan fingerprint density at radius 1 is 1.12 bits per heavy atom. The van der Waals surface area contributed by atoms with Gasteiger partial charge < -0.3 is 40.1 Å². The lowest BCUT2D eigenvalue weighted by Crippen LogP contribution is -2.56. The molecule has 2 aliphatic rings. The molecule has 5 N–H and O–H groups in total. The van der Waals surface area contributed by atoms with Crippen LogP contribution in [0.15, 0.2) is 48.7 Å². The molecule has 2 aromatic heterocycles. The van der Waals surface area contributed by atoms with Gasteiger partial charge in [-0.2, -0.15) is 5.10 Å². The first-order valence-corrected chi connectivity index (χ1v) is 16.1. The van der Waals surface area contributed by atoms with E-state index in [2.05, 4.69) is 37.6 Å². The number of aliphatic hydroxyl groups is 2. The summed E-state index contributed by atoms with van der Waals surface area (Å²) in [7, 11) is 1.55. The van der Waals surface area contributed by atoms with Gasteiger partial charge in [-0.1, -0.05) is 33.8 Å². The molecule has 3 aromatic rings. The SMILES string of the molecule is COc1cc(N2CC[C@@H](OCC(=O)N[C@H](C(=O)N3C[C@H](O)C[C@H]3O)C(C)(C)C)[C@@H](C)C2)ccc1NC(=O)c1cccc(-c2ccn[nH]2)n1. The lowest BCUT2D eigenvalue weighted by atomic mass is 9.85. The number of anilines is 2. The number of methoxy groups -OCH3 is 1. The van der Waals surface area contributed by atoms with Gasteiger partial charge in [0, 0.05) is 44.0 Å². The number of β-amino-alcohol motifs (C(OH)–C–C–N with tert-alkyl or cyclic N) is 1. The number of piperidine rings is 1. The molecule has 2 aliphatic heterocycles. The summed E-state index contributed by atoms with van der Waals surface area (Å²) in [6.45, 7) is 8.73. The maximum absolute atomic E-state index is 13.2. The molecule has 0 spiro atoms. The number of aliphatic hydroxyl groups excluding tert-OH is 2. The second-order valence-electron chi connectivity index (χ2n) is 13.5. The average molecular weight is 664 g/mol. The lowest BCUT2D eigenvalue weighted by Gasteiger charge is -2.38. The van der Waals surface area contributed by atoms with E-state index in [0.29, 0.717) is 42.3 Å². The zero-order chi connectivity index (χ0) is 34.6. The Labute approximate surface area is 279 Å². The van der Waals surface area contributed by atoms with Crippen LogP contribution in [0.1, 0.15) is 51.0 Å². The number of rotatable bonds is 10. The standard InChI is InChI=1S/C34H45N7O7/c1-20-17-40(14-12-27(20)48-19-29(43)38-31(34(2,3)4)33(46)41-18-22(42)16-30(41)44)21-9-10-25(28(15-21)47-5)37-32(45)26-8-6-7-23(36-26)24-11-13-35-39-24/h6-11,13,15,20,22,27,30-31,42,44H,12,14,16-19H2,1-5H3,(H,35,39)(H,37,45)(H,38,43)/t20-,22+,27+,30+,31+/m0/s1. The van der Waals surface area contributed by atoms with Gasteiger partial charge in [0.05, 0.1) is 36.4 Å². The first kappa shape index (κ1) is 34.8. The Hall–Kier alpha value is -4.53. The minimum Gasteiger partial charge on any atom is -0.494 e. The van der Waals surface area contributed by atoms with Crippen molar-refractivity contribution in [2.45, 2.75) is 65.0 Å². The molecule has 5 rings (SSSR count). The molecule has 0 bridgehead atoms. The number of H-pyrrole nitrogens is 1. The number of aromatic amines is 1. The van der Waals surface area contributed by atoms with Crippen molar-refractivity contribution >= 4 is 29.1 Å². The minimum absolute atomic E-state index is 0.0253. The average Bonchev–Trinajstić information content (AvgIpc) is 3.72. The molecule has 14 heteroatoms. The first-order chi connectivity index (χ1) is 22.8. The number of likely N-dealkylation sites (tertiary alicyclic amines) is 1. The van der Waals surface area contributed by atoms with Crippen LogP contribution in [-0.2, 0) is 14.3 Å². The van der Waals surface area contributed by atoms with E-state index in [-0.39, 0.29) is 43.2 Å². The summed E-state index contributed by atoms with van der Waals surface area (Å²) in [5.74, 6) is -0.626. The molecule has 1 aromatic carbocycles. The number of nitrogens with one attached hydrogen (secondary N) is 3. The van der Waals surface area contributed by atoms with E-state index < -0.39 is 35.6 Å². The highest BCUT2D eigenvalue weighted by Crippen LogP contribution is 2.33. The van der Waals surface area contributed by atoms with Gasteiger partial charge in [-0.25, -0.2) is 4.98 Å². The smallest absolute Gasteiger partial charge is 0.274 e. The second-order valence-corrected chi connectivity index (χ2v) is 13.5. The molecule has 5 atom stereocenters. The molecule has 14 nitrogen and oxygen atoms in total. The van der Waals surface area contributed by atoms with E-state index in [1.54, 1.807) is 43.6 Å². The predicted molar refractivity (Wildman–Crippen MR) is 178 cm³/mol. The molecule has 2 fully saturated rings. The van der Waals surface area contributed by atoms with Gasteiger partial charge in [0.2, 0.25) is 11.8 Å². The molecule has 258 valence electrons. The van der Waals surface area contributed by atoms with Gasteiger partial charge in [-0.05, 0) is 48.1 Å². The molecular weight excluding hydrogens is 618 g/mol. The monoisotopic (exact) mass is 663 g/mol. The van der Waals surface area contributed by atoms with Gasteiger partial charge >= 0.3 is 0 Å². The molecule has 48 heavy (non-hydrogen) atoms. The fourth-order valence-corrected chi connectivity index (χ4v) is 6.11. The summed E-state index contributed by atoms with van der Waals surface area (Å²) < 4.78 is 11.7. The Bertz CT molecular complexity index is 1590. The maximum Gasteiger partial charge on any atom is 0.274 e. The van der Waals surface area contributed by atoms with Crippen molar-refractivity contribution in [2.75, 3.05) is 43.6 Å². The molecule has 0 radical (unpaired) electrons. The highest BCUT2D eigenvalue weighted by molar-refractivity contribution is 6.04. The quantitative estimate of drug-likeness (QED) is 0.216. The van der Waals surface area contributed by atoms with Crippen LogP contribution >= 0.6 is 0 Å². The van der Waals surface area contributed by atoms with Crippen molar-refractivity contribution in [1.82, 2.24) is 25.4 Å². The molecule has 3 amide bonds. The van der Waals surface area contributed by atoms with Crippen molar-refractivity contribution in [3.63, 3.8) is 0 Å². The second kappa shape index (κ2) is 14.7. The number of carbonyl (C=O) groups is 3. The van der Waals surface area contributed by atoms with E-state index >= 15 is 0 Å². The molecule has 0 unspecified atom stereocenters. The molecule has 2 saturated heterocycles. The number of hydrogen-bond donors (Lipinski definition) is 5. The van der Waals surface area contributed by atoms with Crippen molar-refractivity contribution in [2.24, 2.45) is 11.3 Å². The third-order valence-corrected chi connectivity index (χ3v) is 8.76. The van der Waals surface area contributed by atoms with E-state index in [4.69, 9.17) is 9.47 Å². The number of ether oxygens (including phenoxy) is 2. The van der Waals surface area contributed by atoms with Crippen molar-refractivity contribution < 1.29 is 34.1 Å². The van der Waals surface area contributed by atoms with Crippen LogP contribution in [0.3, 0.4) is 0 Å². The number of benzene rings is 1. The van der Waals surface area contributed by atoms with Crippen LogP contribution in [-0.4, -0.2) is 106 Å². The molecular formula is C34H45N7O7. The van der Waals surface area contributed by atoms with Crippen molar-refractivity contribution in [1.29, 1.82) is 0 Å². The zero-order valence-corrected chi connectivity index (χ0v) is 28.0. The number of amides is 3. The number of aromatic nitrogens is 3. The largest absolute Gasteiger partial charge is 0.494 e. The minimum atomic E-state index is -1.08. The van der Waals surface area contributed by atoms with Crippen LogP contribution < -0.4 is 20.3 Å². The van der Waals surface area contributed by atoms with Crippen LogP contribution in [0.25, 0.3) is 11.4 Å². The Morgan fingerprint density at radius 3 is 2.56 bits per heavy atom. The van der Waals surface area contributed by atoms with Crippen molar-refractivity contribution in [3.8, 4) is 17.1 Å². The maximum atomic E-state index is 13.2. The number of carbonyl (C=O) groups excluding carboxylic acids is 3. The fraction of sp³-hybridized carbons (Fsp3) is 0.500. The zero-order valence-electron chi connectivity index (χ0n) is 28.0. The lowest BCUT2D eigenvalue weighted by molar-refractivity contribution is -0.146. The van der Waals surface area contributed by atoms with E-state index in [0.717, 1.165) is 5.69 Å². The van der Waals surface area contributed by atoms with Crippen LogP contribution in [0.4, 0.5) is 11.4 Å². The fourth-order valence-electron chi connectivity index (χ4n) is 6.11. The van der Waals surface area contributed by atoms with E-state index in [1.807, 2.05) is 32.9 Å². The van der Waals surface area contributed by atoms with Gasteiger partial charge in [0.1, 0.15) is 30.3 Å². The number of hydrogen-bond acceptors (Lipinski definition) is 10. The summed E-state index contributed by atoms with van der Waals surface area (Å²) in [6, 6.07) is 11.7. The van der Waals surface area contributed by atoms with Crippen LogP contribution in [0, 0.1) is 11.3 Å². The topological polar surface area (TPSA) is 182 Å². The number of pyridine rings is 1. The molecule has 0 saturated carbocycles. The summed E-state index contributed by atoms with van der Waals surface area (Å²) in [4.78, 5) is 47.1.